The van der Waals surface area contributed by atoms with E-state index in [9.17, 15) is 4.79 Å². The second kappa shape index (κ2) is 3.64. The summed E-state index contributed by atoms with van der Waals surface area (Å²) < 4.78 is 1.72. The summed E-state index contributed by atoms with van der Waals surface area (Å²) in [6, 6.07) is 3.61. The molecule has 0 saturated heterocycles. The summed E-state index contributed by atoms with van der Waals surface area (Å²) in [7, 11) is 0. The lowest BCUT2D eigenvalue weighted by Gasteiger charge is -2.14. The van der Waals surface area contributed by atoms with Crippen molar-refractivity contribution in [3.63, 3.8) is 0 Å². The van der Waals surface area contributed by atoms with Gasteiger partial charge in [0.25, 0.3) is 5.56 Å². The van der Waals surface area contributed by atoms with E-state index in [-0.39, 0.29) is 5.56 Å². The molecule has 0 aliphatic heterocycles. The molecule has 0 fully saturated rings. The quantitative estimate of drug-likeness (QED) is 0.751. The Balaban J connectivity index is 3.39. The van der Waals surface area contributed by atoms with Gasteiger partial charge < -0.3 is 10.3 Å². The minimum Gasteiger partial charge on any atom is -0.394 e. The Morgan fingerprint density at radius 2 is 2.08 bits per heavy atom. The molecule has 3 nitrogen and oxygen atoms in total. The largest absolute Gasteiger partial charge is 0.394 e. The average Bonchev–Trinajstić information content (AvgIpc) is 2.09. The number of hydrogen-bond acceptors (Lipinski definition) is 2. The first-order valence-electron chi connectivity index (χ1n) is 4.57. The molecule has 0 unspecified atom stereocenters. The zero-order chi connectivity index (χ0) is 10.0. The highest BCUT2D eigenvalue weighted by atomic mass is 16.1. The van der Waals surface area contributed by atoms with Gasteiger partial charge in [-0.05, 0) is 25.0 Å². The van der Waals surface area contributed by atoms with Gasteiger partial charge in [0.05, 0.1) is 5.69 Å². The predicted octanol–water partition coefficient (Wildman–Crippen LogP) is 1.57. The van der Waals surface area contributed by atoms with Crippen molar-refractivity contribution >= 4 is 5.69 Å². The van der Waals surface area contributed by atoms with Crippen LogP contribution < -0.4 is 11.3 Å². The number of pyridine rings is 1. The highest BCUT2D eigenvalue weighted by Crippen LogP contribution is 2.13. The summed E-state index contributed by atoms with van der Waals surface area (Å²) in [6.45, 7) is 6.76. The van der Waals surface area contributed by atoms with Crippen LogP contribution in [0.5, 0.6) is 0 Å². The van der Waals surface area contributed by atoms with E-state index in [0.29, 0.717) is 18.2 Å². The molecule has 2 N–H and O–H groups in total. The van der Waals surface area contributed by atoms with Gasteiger partial charge in [0.2, 0.25) is 0 Å². The van der Waals surface area contributed by atoms with Gasteiger partial charge in [0, 0.05) is 12.2 Å². The van der Waals surface area contributed by atoms with Gasteiger partial charge in [-0.1, -0.05) is 13.8 Å². The topological polar surface area (TPSA) is 48.0 Å². The highest BCUT2D eigenvalue weighted by molar-refractivity contribution is 5.36. The fourth-order valence-corrected chi connectivity index (χ4v) is 1.44. The van der Waals surface area contributed by atoms with E-state index in [1.54, 1.807) is 10.6 Å². The van der Waals surface area contributed by atoms with E-state index >= 15 is 0 Å². The van der Waals surface area contributed by atoms with Crippen molar-refractivity contribution in [3.05, 3.63) is 28.2 Å². The van der Waals surface area contributed by atoms with Gasteiger partial charge >= 0.3 is 0 Å². The van der Waals surface area contributed by atoms with E-state index in [1.165, 1.54) is 0 Å². The molecule has 1 rings (SSSR count). The van der Waals surface area contributed by atoms with Gasteiger partial charge in [-0.2, -0.15) is 0 Å². The van der Waals surface area contributed by atoms with Crippen molar-refractivity contribution in [2.24, 2.45) is 0 Å². The van der Waals surface area contributed by atoms with E-state index in [4.69, 9.17) is 5.73 Å². The Morgan fingerprint density at radius 1 is 1.46 bits per heavy atom. The molecule has 0 bridgehead atoms. The SMILES string of the molecule is CCn1c(C(C)C)ccc(N)c1=O. The molecule has 1 heterocycles. The highest BCUT2D eigenvalue weighted by Gasteiger charge is 2.07. The van der Waals surface area contributed by atoms with Crippen molar-refractivity contribution in [3.8, 4) is 0 Å². The van der Waals surface area contributed by atoms with E-state index < -0.39 is 0 Å². The number of nitrogens with zero attached hydrogens (tertiary/aromatic N) is 1. The summed E-state index contributed by atoms with van der Waals surface area (Å²) >= 11 is 0. The lowest BCUT2D eigenvalue weighted by Crippen LogP contribution is -2.25. The van der Waals surface area contributed by atoms with Crippen LogP contribution in [-0.2, 0) is 6.54 Å². The van der Waals surface area contributed by atoms with Crippen molar-refractivity contribution in [2.75, 3.05) is 5.73 Å². The number of nitrogen functional groups attached to an aromatic ring is 1. The van der Waals surface area contributed by atoms with Crippen molar-refractivity contribution in [1.29, 1.82) is 0 Å². The van der Waals surface area contributed by atoms with Crippen LogP contribution in [0, 0.1) is 0 Å². The lowest BCUT2D eigenvalue weighted by molar-refractivity contribution is 0.641. The lowest BCUT2D eigenvalue weighted by atomic mass is 10.1. The monoisotopic (exact) mass is 180 g/mol. The van der Waals surface area contributed by atoms with Crippen LogP contribution in [0.4, 0.5) is 5.69 Å². The summed E-state index contributed by atoms with van der Waals surface area (Å²) in [5, 5.41) is 0. The van der Waals surface area contributed by atoms with Gasteiger partial charge in [0.15, 0.2) is 0 Å². The molecule has 0 saturated carbocycles. The van der Waals surface area contributed by atoms with E-state index in [0.717, 1.165) is 5.69 Å². The van der Waals surface area contributed by atoms with Crippen molar-refractivity contribution in [1.82, 2.24) is 4.57 Å². The minimum absolute atomic E-state index is 0.0753. The van der Waals surface area contributed by atoms with Crippen LogP contribution in [0.2, 0.25) is 0 Å². The van der Waals surface area contributed by atoms with Crippen molar-refractivity contribution < 1.29 is 0 Å². The minimum atomic E-state index is -0.0753. The molecule has 1 aromatic rings. The zero-order valence-corrected chi connectivity index (χ0v) is 8.37. The standard InChI is InChI=1S/C10H16N2O/c1-4-12-9(7(2)3)6-5-8(11)10(12)13/h5-7H,4,11H2,1-3H3. The predicted molar refractivity (Wildman–Crippen MR) is 54.9 cm³/mol. The van der Waals surface area contributed by atoms with Gasteiger partial charge in [-0.15, -0.1) is 0 Å². The summed E-state index contributed by atoms with van der Waals surface area (Å²) in [5.74, 6) is 0.355. The Labute approximate surface area is 78.2 Å². The molecular weight excluding hydrogens is 164 g/mol. The molecule has 1 aromatic heterocycles. The Kier molecular flexibility index (Phi) is 2.76. The number of rotatable bonds is 2. The van der Waals surface area contributed by atoms with Crippen LogP contribution in [-0.4, -0.2) is 4.57 Å². The molecule has 0 radical (unpaired) electrons. The first-order chi connectivity index (χ1) is 6.07. The molecule has 0 aromatic carbocycles. The fourth-order valence-electron chi connectivity index (χ4n) is 1.44. The number of hydrogen-bond donors (Lipinski definition) is 1. The molecule has 0 aliphatic rings. The van der Waals surface area contributed by atoms with Crippen LogP contribution in [0.3, 0.4) is 0 Å². The summed E-state index contributed by atoms with van der Waals surface area (Å²) in [6.07, 6.45) is 0. The van der Waals surface area contributed by atoms with Crippen LogP contribution in [0.15, 0.2) is 16.9 Å². The molecule has 0 aliphatic carbocycles. The third-order valence-corrected chi connectivity index (χ3v) is 2.15. The molecular formula is C10H16N2O. The molecule has 13 heavy (non-hydrogen) atoms. The summed E-state index contributed by atoms with van der Waals surface area (Å²) in [4.78, 5) is 11.6. The smallest absolute Gasteiger partial charge is 0.273 e. The Bertz CT molecular complexity index is 352. The third kappa shape index (κ3) is 1.74. The zero-order valence-electron chi connectivity index (χ0n) is 8.37. The van der Waals surface area contributed by atoms with E-state index in [1.807, 2.05) is 13.0 Å². The van der Waals surface area contributed by atoms with Crippen molar-refractivity contribution in [2.45, 2.75) is 33.2 Å². The number of nitrogens with two attached hydrogens (primary N) is 1. The average molecular weight is 180 g/mol. The fraction of sp³-hybridized carbons (Fsp3) is 0.500. The first-order valence-corrected chi connectivity index (χ1v) is 4.57. The maximum absolute atomic E-state index is 11.6. The second-order valence-electron chi connectivity index (χ2n) is 3.42. The van der Waals surface area contributed by atoms with E-state index in [2.05, 4.69) is 13.8 Å². The van der Waals surface area contributed by atoms with Crippen LogP contribution in [0.1, 0.15) is 32.4 Å². The Hall–Kier alpha value is -1.25. The second-order valence-corrected chi connectivity index (χ2v) is 3.42. The maximum atomic E-state index is 11.6. The third-order valence-electron chi connectivity index (χ3n) is 2.15. The first kappa shape index (κ1) is 9.84. The molecule has 0 amide bonds. The normalized spacial score (nSPS) is 10.8. The van der Waals surface area contributed by atoms with Gasteiger partial charge in [0.1, 0.15) is 0 Å². The van der Waals surface area contributed by atoms with Gasteiger partial charge in [-0.25, -0.2) is 0 Å². The number of aromatic nitrogens is 1. The van der Waals surface area contributed by atoms with Crippen LogP contribution in [0.25, 0.3) is 0 Å². The maximum Gasteiger partial charge on any atom is 0.273 e. The molecule has 0 atom stereocenters. The summed E-state index contributed by atoms with van der Waals surface area (Å²) in [5.41, 5.74) is 6.83. The Morgan fingerprint density at radius 3 is 2.54 bits per heavy atom. The van der Waals surface area contributed by atoms with Gasteiger partial charge in [-0.3, -0.25) is 4.79 Å². The molecule has 72 valence electrons. The number of anilines is 1. The van der Waals surface area contributed by atoms with Crippen LogP contribution >= 0.6 is 0 Å². The molecule has 0 spiro atoms. The molecule has 3 heteroatoms.